The van der Waals surface area contributed by atoms with Crippen molar-refractivity contribution in [3.8, 4) is 0 Å². The number of nitrogens with zero attached hydrogens (tertiary/aromatic N) is 1. The summed E-state index contributed by atoms with van der Waals surface area (Å²) in [4.78, 5) is 28.9. The predicted octanol–water partition coefficient (Wildman–Crippen LogP) is 5.42. The molecule has 0 saturated carbocycles. The number of amides is 1. The fourth-order valence-electron chi connectivity index (χ4n) is 2.59. The molecule has 1 N–H and O–H groups in total. The number of carbonyl (C=O) groups is 2. The van der Waals surface area contributed by atoms with Crippen LogP contribution in [0.2, 0.25) is 0 Å². The molecule has 4 nitrogen and oxygen atoms in total. The molecule has 28 heavy (non-hydrogen) atoms. The molecule has 1 aromatic heterocycles. The lowest BCUT2D eigenvalue weighted by molar-refractivity contribution is -0.115. The topological polar surface area (TPSA) is 59.1 Å². The highest BCUT2D eigenvalue weighted by Crippen LogP contribution is 2.24. The van der Waals surface area contributed by atoms with Gasteiger partial charge in [-0.25, -0.2) is 4.98 Å². The van der Waals surface area contributed by atoms with E-state index in [4.69, 9.17) is 0 Å². The molecular formula is C22H22N2O2S2. The zero-order valence-electron chi connectivity index (χ0n) is 15.8. The van der Waals surface area contributed by atoms with Crippen LogP contribution >= 0.6 is 23.1 Å². The summed E-state index contributed by atoms with van der Waals surface area (Å²) in [5.41, 5.74) is 3.45. The van der Waals surface area contributed by atoms with E-state index in [0.717, 1.165) is 15.7 Å². The highest BCUT2D eigenvalue weighted by molar-refractivity contribution is 8.01. The Morgan fingerprint density at radius 1 is 1.07 bits per heavy atom. The lowest BCUT2D eigenvalue weighted by atomic mass is 10.0. The third-order valence-corrected chi connectivity index (χ3v) is 6.23. The molecular weight excluding hydrogens is 388 g/mol. The van der Waals surface area contributed by atoms with E-state index in [1.807, 2.05) is 60.0 Å². The van der Waals surface area contributed by atoms with Crippen molar-refractivity contribution in [3.63, 3.8) is 0 Å². The van der Waals surface area contributed by atoms with E-state index in [9.17, 15) is 9.59 Å². The fourth-order valence-corrected chi connectivity index (χ4v) is 4.33. The average molecular weight is 411 g/mol. The summed E-state index contributed by atoms with van der Waals surface area (Å²) in [5, 5.41) is 4.77. The lowest BCUT2D eigenvalue weighted by Gasteiger charge is -2.08. The Morgan fingerprint density at radius 3 is 2.46 bits per heavy atom. The zero-order chi connectivity index (χ0) is 19.9. The number of rotatable bonds is 8. The summed E-state index contributed by atoms with van der Waals surface area (Å²) in [7, 11) is 0. The molecule has 0 unspecified atom stereocenters. The molecule has 1 heterocycles. The highest BCUT2D eigenvalue weighted by atomic mass is 32.2. The number of thioether (sulfide) groups is 1. The Morgan fingerprint density at radius 2 is 1.79 bits per heavy atom. The number of thiazole rings is 1. The van der Waals surface area contributed by atoms with Gasteiger partial charge in [-0.1, -0.05) is 68.1 Å². The average Bonchev–Trinajstić information content (AvgIpc) is 3.14. The normalized spacial score (nSPS) is 10.8. The van der Waals surface area contributed by atoms with Crippen molar-refractivity contribution in [1.82, 2.24) is 4.98 Å². The van der Waals surface area contributed by atoms with Gasteiger partial charge in [0.15, 0.2) is 10.1 Å². The third kappa shape index (κ3) is 5.78. The van der Waals surface area contributed by atoms with Gasteiger partial charge in [-0.3, -0.25) is 9.59 Å². The summed E-state index contributed by atoms with van der Waals surface area (Å²) in [5.74, 6) is 0.777. The number of nitrogens with one attached hydrogen (secondary N) is 1. The number of hydrogen-bond donors (Lipinski definition) is 1. The maximum absolute atomic E-state index is 12.3. The number of benzene rings is 2. The Labute approximate surface area is 173 Å². The van der Waals surface area contributed by atoms with E-state index >= 15 is 0 Å². The molecule has 3 rings (SSSR count). The van der Waals surface area contributed by atoms with Crippen LogP contribution in [0.3, 0.4) is 0 Å². The largest absolute Gasteiger partial charge is 0.326 e. The zero-order valence-corrected chi connectivity index (χ0v) is 17.5. The second-order valence-electron chi connectivity index (χ2n) is 6.68. The molecule has 0 aliphatic carbocycles. The maximum atomic E-state index is 12.3. The summed E-state index contributed by atoms with van der Waals surface area (Å²) < 4.78 is 0.799. The molecule has 0 aliphatic heterocycles. The Hall–Kier alpha value is -2.44. The van der Waals surface area contributed by atoms with Crippen molar-refractivity contribution in [2.24, 2.45) is 0 Å². The van der Waals surface area contributed by atoms with Crippen molar-refractivity contribution in [1.29, 1.82) is 0 Å². The van der Waals surface area contributed by atoms with Gasteiger partial charge in [-0.05, 0) is 23.6 Å². The Kier molecular flexibility index (Phi) is 7.01. The summed E-state index contributed by atoms with van der Waals surface area (Å²) in [6.45, 7) is 4.28. The maximum Gasteiger partial charge on any atom is 0.230 e. The first kappa shape index (κ1) is 20.3. The van der Waals surface area contributed by atoms with Crippen LogP contribution in [0.25, 0.3) is 0 Å². The SMILES string of the molecule is CC(C)c1ccc(NC(=O)Cc2csc(SCC(=O)c3ccccc3)n2)cc1. The van der Waals surface area contributed by atoms with Crippen LogP contribution in [-0.4, -0.2) is 22.4 Å². The first-order chi connectivity index (χ1) is 13.5. The summed E-state index contributed by atoms with van der Waals surface area (Å²) in [6.07, 6.45) is 0.218. The molecule has 0 fully saturated rings. The molecule has 0 spiro atoms. The van der Waals surface area contributed by atoms with Gasteiger partial charge in [-0.2, -0.15) is 0 Å². The molecule has 144 valence electrons. The Bertz CT molecular complexity index is 935. The van der Waals surface area contributed by atoms with Gasteiger partial charge >= 0.3 is 0 Å². The van der Waals surface area contributed by atoms with E-state index in [1.165, 1.54) is 28.7 Å². The quantitative estimate of drug-likeness (QED) is 0.398. The number of ketones is 1. The van der Waals surface area contributed by atoms with Crippen molar-refractivity contribution in [2.75, 3.05) is 11.1 Å². The number of aromatic nitrogens is 1. The molecule has 2 aromatic carbocycles. The van der Waals surface area contributed by atoms with Crippen molar-refractivity contribution < 1.29 is 9.59 Å². The van der Waals surface area contributed by atoms with Gasteiger partial charge in [0.25, 0.3) is 0 Å². The first-order valence-corrected chi connectivity index (χ1v) is 10.9. The second-order valence-corrected chi connectivity index (χ2v) is 8.76. The number of carbonyl (C=O) groups excluding carboxylic acids is 2. The Balaban J connectivity index is 1.49. The monoisotopic (exact) mass is 410 g/mol. The first-order valence-electron chi connectivity index (χ1n) is 9.06. The summed E-state index contributed by atoms with van der Waals surface area (Å²) >= 11 is 2.87. The van der Waals surface area contributed by atoms with E-state index in [1.54, 1.807) is 0 Å². The van der Waals surface area contributed by atoms with Crippen LogP contribution in [0.4, 0.5) is 5.69 Å². The molecule has 0 saturated heterocycles. The van der Waals surface area contributed by atoms with E-state index in [2.05, 4.69) is 24.1 Å². The van der Waals surface area contributed by atoms with Gasteiger partial charge in [0.2, 0.25) is 5.91 Å². The minimum Gasteiger partial charge on any atom is -0.326 e. The molecule has 0 aliphatic rings. The molecule has 0 bridgehead atoms. The van der Waals surface area contributed by atoms with Crippen LogP contribution in [0.5, 0.6) is 0 Å². The molecule has 0 atom stereocenters. The molecule has 6 heteroatoms. The number of anilines is 1. The van der Waals surface area contributed by atoms with Gasteiger partial charge in [-0.15, -0.1) is 11.3 Å². The molecule has 0 radical (unpaired) electrons. The van der Waals surface area contributed by atoms with Crippen molar-refractivity contribution in [2.45, 2.75) is 30.5 Å². The predicted molar refractivity (Wildman–Crippen MR) is 116 cm³/mol. The van der Waals surface area contributed by atoms with E-state index in [-0.39, 0.29) is 18.1 Å². The third-order valence-electron chi connectivity index (χ3n) is 4.16. The standard InChI is InChI=1S/C22H22N2O2S2/c1-15(2)16-8-10-18(11-9-16)23-21(26)12-19-13-27-22(24-19)28-14-20(25)17-6-4-3-5-7-17/h3-11,13,15H,12,14H2,1-2H3,(H,23,26). The summed E-state index contributed by atoms with van der Waals surface area (Å²) in [6, 6.07) is 17.1. The van der Waals surface area contributed by atoms with Gasteiger partial charge in [0, 0.05) is 16.6 Å². The van der Waals surface area contributed by atoms with E-state index < -0.39 is 0 Å². The second kappa shape index (κ2) is 9.66. The van der Waals surface area contributed by atoms with Gasteiger partial charge < -0.3 is 5.32 Å². The molecule has 1 amide bonds. The molecule has 3 aromatic rings. The number of hydrogen-bond acceptors (Lipinski definition) is 5. The lowest BCUT2D eigenvalue weighted by Crippen LogP contribution is -2.14. The fraction of sp³-hybridized carbons (Fsp3) is 0.227. The number of Topliss-reactive ketones (excluding diaryl/α,β-unsaturated/α-hetero) is 1. The van der Waals surface area contributed by atoms with Crippen LogP contribution < -0.4 is 5.32 Å². The van der Waals surface area contributed by atoms with E-state index in [0.29, 0.717) is 17.2 Å². The minimum absolute atomic E-state index is 0.0740. The van der Waals surface area contributed by atoms with Gasteiger partial charge in [0.05, 0.1) is 17.9 Å². The highest BCUT2D eigenvalue weighted by Gasteiger charge is 2.11. The van der Waals surface area contributed by atoms with Crippen LogP contribution in [0, 0.1) is 0 Å². The van der Waals surface area contributed by atoms with Crippen LogP contribution in [-0.2, 0) is 11.2 Å². The van der Waals surface area contributed by atoms with Crippen molar-refractivity contribution in [3.05, 3.63) is 76.8 Å². The van der Waals surface area contributed by atoms with Gasteiger partial charge in [0.1, 0.15) is 0 Å². The van der Waals surface area contributed by atoms with Crippen molar-refractivity contribution >= 4 is 40.5 Å². The van der Waals surface area contributed by atoms with Crippen LogP contribution in [0.1, 0.15) is 41.4 Å². The smallest absolute Gasteiger partial charge is 0.230 e. The van der Waals surface area contributed by atoms with Crippen LogP contribution in [0.15, 0.2) is 64.3 Å². The minimum atomic E-state index is -0.0977.